The fourth-order valence-corrected chi connectivity index (χ4v) is 0.437. The number of rotatable bonds is 1. The molecule has 0 aliphatic heterocycles. The lowest BCUT2D eigenvalue weighted by Crippen LogP contribution is -1.85. The molecule has 0 rings (SSSR count). The molecule has 3 heteroatoms. The molecule has 0 spiro atoms. The fraction of sp³-hybridized carbons (Fsp3) is 0.250. The van der Waals surface area contributed by atoms with Gasteiger partial charge in [-0.05, 0) is 33.1 Å². The molecule has 0 radical (unpaired) electrons. The molecule has 0 aromatic heterocycles. The highest BCUT2D eigenvalue weighted by Gasteiger charge is 1.85. The van der Waals surface area contributed by atoms with Crippen LogP contribution >= 0.6 is 22.6 Å². The summed E-state index contributed by atoms with van der Waals surface area (Å²) >= 11 is 1.94. The Bertz CT molecular complexity index is 102. The van der Waals surface area contributed by atoms with Crippen LogP contribution in [0.4, 0.5) is 0 Å². The summed E-state index contributed by atoms with van der Waals surface area (Å²) in [5.74, 6) is -0.882. The Labute approximate surface area is 55.4 Å². The number of hydrogen-bond donors (Lipinski definition) is 1. The largest absolute Gasteiger partial charge is 0.478 e. The van der Waals surface area contributed by atoms with Gasteiger partial charge in [0.2, 0.25) is 0 Å². The number of carbonyl (C=O) groups is 1. The highest BCUT2D eigenvalue weighted by Crippen LogP contribution is 2.00. The van der Waals surface area contributed by atoms with E-state index in [0.29, 0.717) is 0 Å². The molecule has 0 aromatic rings. The molecule has 2 nitrogen and oxygen atoms in total. The molecule has 0 aromatic carbocycles. The molecular weight excluding hydrogens is 207 g/mol. The van der Waals surface area contributed by atoms with Gasteiger partial charge < -0.3 is 5.11 Å². The van der Waals surface area contributed by atoms with Gasteiger partial charge in [0.25, 0.3) is 0 Å². The van der Waals surface area contributed by atoms with Crippen molar-refractivity contribution in [1.82, 2.24) is 0 Å². The summed E-state index contributed by atoms with van der Waals surface area (Å²) in [5.41, 5.74) is 0. The Morgan fingerprint density at radius 3 is 2.29 bits per heavy atom. The van der Waals surface area contributed by atoms with Crippen molar-refractivity contribution in [2.75, 3.05) is 0 Å². The quantitative estimate of drug-likeness (QED) is 0.527. The lowest BCUT2D eigenvalue weighted by molar-refractivity contribution is -0.131. The minimum Gasteiger partial charge on any atom is -0.478 e. The van der Waals surface area contributed by atoms with Crippen LogP contribution in [0.2, 0.25) is 0 Å². The van der Waals surface area contributed by atoms with Gasteiger partial charge in [-0.2, -0.15) is 0 Å². The van der Waals surface area contributed by atoms with E-state index in [0.717, 1.165) is 9.66 Å². The van der Waals surface area contributed by atoms with Crippen LogP contribution in [0.25, 0.3) is 0 Å². The zero-order chi connectivity index (χ0) is 5.86. The Balaban J connectivity index is 3.68. The molecular formula is C4H5IO2. The van der Waals surface area contributed by atoms with Gasteiger partial charge in [0.1, 0.15) is 0 Å². The van der Waals surface area contributed by atoms with Crippen molar-refractivity contribution in [3.8, 4) is 0 Å². The Morgan fingerprint density at radius 2 is 2.29 bits per heavy atom. The first kappa shape index (κ1) is 6.94. The predicted molar refractivity (Wildman–Crippen MR) is 35.4 cm³/mol. The fourth-order valence-electron chi connectivity index (χ4n) is 0.170. The van der Waals surface area contributed by atoms with Crippen molar-refractivity contribution in [1.29, 1.82) is 0 Å². The standard InChI is InChI=1S/C4H5IO2/c1-3(5)2-4(6)7/h2H,1H3,(H,6,7). The van der Waals surface area contributed by atoms with E-state index in [2.05, 4.69) is 0 Å². The Morgan fingerprint density at radius 1 is 1.86 bits per heavy atom. The molecule has 0 atom stereocenters. The highest BCUT2D eigenvalue weighted by molar-refractivity contribution is 14.1. The smallest absolute Gasteiger partial charge is 0.329 e. The summed E-state index contributed by atoms with van der Waals surface area (Å²) in [4.78, 5) is 9.73. The van der Waals surface area contributed by atoms with Crippen LogP contribution in [0, 0.1) is 0 Å². The molecule has 0 aliphatic rings. The van der Waals surface area contributed by atoms with E-state index in [4.69, 9.17) is 5.11 Å². The topological polar surface area (TPSA) is 37.3 Å². The normalized spacial score (nSPS) is 11.4. The average molecular weight is 212 g/mol. The second-order valence-corrected chi connectivity index (χ2v) is 2.77. The van der Waals surface area contributed by atoms with E-state index in [9.17, 15) is 4.79 Å². The lowest BCUT2D eigenvalue weighted by atomic mass is 10.5. The van der Waals surface area contributed by atoms with Gasteiger partial charge in [-0.25, -0.2) is 4.79 Å². The molecule has 1 N–H and O–H groups in total. The highest BCUT2D eigenvalue weighted by atomic mass is 127. The van der Waals surface area contributed by atoms with Gasteiger partial charge in [-0.15, -0.1) is 0 Å². The van der Waals surface area contributed by atoms with E-state index >= 15 is 0 Å². The SMILES string of the molecule is CC(I)=CC(=O)O. The third-order valence-corrected chi connectivity index (χ3v) is 0.634. The van der Waals surface area contributed by atoms with E-state index in [1.807, 2.05) is 22.6 Å². The first-order chi connectivity index (χ1) is 3.13. The van der Waals surface area contributed by atoms with E-state index in [1.165, 1.54) is 0 Å². The number of aliphatic carboxylic acids is 1. The minimum atomic E-state index is -0.882. The molecule has 0 unspecified atom stereocenters. The van der Waals surface area contributed by atoms with Crippen LogP contribution < -0.4 is 0 Å². The van der Waals surface area contributed by atoms with Gasteiger partial charge in [0.05, 0.1) is 0 Å². The van der Waals surface area contributed by atoms with Crippen molar-refractivity contribution in [2.24, 2.45) is 0 Å². The molecule has 0 saturated carbocycles. The van der Waals surface area contributed by atoms with Crippen molar-refractivity contribution >= 4 is 28.6 Å². The van der Waals surface area contributed by atoms with Crippen molar-refractivity contribution < 1.29 is 9.90 Å². The average Bonchev–Trinajstić information content (AvgIpc) is 1.27. The van der Waals surface area contributed by atoms with Crippen LogP contribution in [0.15, 0.2) is 9.66 Å². The van der Waals surface area contributed by atoms with E-state index in [1.54, 1.807) is 6.92 Å². The van der Waals surface area contributed by atoms with Crippen LogP contribution in [0.1, 0.15) is 6.92 Å². The van der Waals surface area contributed by atoms with Crippen LogP contribution in [0.5, 0.6) is 0 Å². The zero-order valence-corrected chi connectivity index (χ0v) is 5.97. The molecule has 0 amide bonds. The molecule has 0 heterocycles. The van der Waals surface area contributed by atoms with Gasteiger partial charge >= 0.3 is 5.97 Å². The van der Waals surface area contributed by atoms with E-state index in [-0.39, 0.29) is 0 Å². The maximum Gasteiger partial charge on any atom is 0.329 e. The van der Waals surface area contributed by atoms with Crippen molar-refractivity contribution in [3.63, 3.8) is 0 Å². The second-order valence-electron chi connectivity index (χ2n) is 1.07. The summed E-state index contributed by atoms with van der Waals surface area (Å²) in [5, 5.41) is 8.00. The molecule has 0 saturated heterocycles. The van der Waals surface area contributed by atoms with Crippen LogP contribution in [-0.2, 0) is 4.79 Å². The molecule has 0 aliphatic carbocycles. The maximum absolute atomic E-state index is 9.73. The summed E-state index contributed by atoms with van der Waals surface area (Å²) in [6, 6.07) is 0. The van der Waals surface area contributed by atoms with Crippen LogP contribution in [0.3, 0.4) is 0 Å². The van der Waals surface area contributed by atoms with Gasteiger partial charge in [0, 0.05) is 6.08 Å². The third kappa shape index (κ3) is 5.94. The Kier molecular flexibility index (Phi) is 2.98. The number of allylic oxidation sites excluding steroid dienone is 1. The second kappa shape index (κ2) is 3.01. The summed E-state index contributed by atoms with van der Waals surface area (Å²) in [6.45, 7) is 1.73. The minimum absolute atomic E-state index is 0.783. The lowest BCUT2D eigenvalue weighted by Gasteiger charge is -1.77. The number of hydrogen-bond acceptors (Lipinski definition) is 1. The number of halogens is 1. The Hall–Kier alpha value is -0.0600. The van der Waals surface area contributed by atoms with Gasteiger partial charge in [-0.3, -0.25) is 0 Å². The maximum atomic E-state index is 9.73. The summed E-state index contributed by atoms with van der Waals surface area (Å²) in [7, 11) is 0. The molecule has 0 fully saturated rings. The first-order valence-electron chi connectivity index (χ1n) is 1.69. The van der Waals surface area contributed by atoms with E-state index < -0.39 is 5.97 Å². The summed E-state index contributed by atoms with van der Waals surface area (Å²) in [6.07, 6.45) is 1.15. The number of carboxylic acid groups (broad SMARTS) is 1. The van der Waals surface area contributed by atoms with Crippen molar-refractivity contribution in [3.05, 3.63) is 9.66 Å². The summed E-state index contributed by atoms with van der Waals surface area (Å²) < 4.78 is 0.783. The molecule has 40 valence electrons. The monoisotopic (exact) mass is 212 g/mol. The van der Waals surface area contributed by atoms with Crippen LogP contribution in [-0.4, -0.2) is 11.1 Å². The first-order valence-corrected chi connectivity index (χ1v) is 2.77. The van der Waals surface area contributed by atoms with Gasteiger partial charge in [-0.1, -0.05) is 0 Å². The molecule has 0 bridgehead atoms. The van der Waals surface area contributed by atoms with Gasteiger partial charge in [0.15, 0.2) is 0 Å². The predicted octanol–water partition coefficient (Wildman–Crippen LogP) is 1.41. The zero-order valence-electron chi connectivity index (χ0n) is 3.81. The van der Waals surface area contributed by atoms with Crippen molar-refractivity contribution in [2.45, 2.75) is 6.92 Å². The third-order valence-electron chi connectivity index (χ3n) is 0.322. The molecule has 7 heavy (non-hydrogen) atoms. The number of carboxylic acids is 1.